The molecule has 0 unspecified atom stereocenters. The van der Waals surface area contributed by atoms with Gasteiger partial charge >= 0.3 is 0 Å². The van der Waals surface area contributed by atoms with Gasteiger partial charge in [-0.3, -0.25) is 0 Å². The second-order valence-corrected chi connectivity index (χ2v) is 8.05. The topological polar surface area (TPSA) is 27.7 Å². The first kappa shape index (κ1) is 22.4. The van der Waals surface area contributed by atoms with E-state index in [-0.39, 0.29) is 0 Å². The summed E-state index contributed by atoms with van der Waals surface area (Å²) in [6.45, 7) is 10.9. The number of quaternary nitrogens is 1. The van der Waals surface area contributed by atoms with Crippen LogP contribution in [0.15, 0.2) is 36.4 Å². The van der Waals surface area contributed by atoms with Gasteiger partial charge in [0.05, 0.1) is 40.5 Å². The maximum Gasteiger partial charge on any atom is 0.120 e. The van der Waals surface area contributed by atoms with E-state index in [1.165, 1.54) is 27.8 Å². The summed E-state index contributed by atoms with van der Waals surface area (Å²) < 4.78 is 17.5. The lowest BCUT2D eigenvalue weighted by molar-refractivity contribution is -0.901. The van der Waals surface area contributed by atoms with E-state index < -0.39 is 0 Å². The van der Waals surface area contributed by atoms with Gasteiger partial charge in [-0.15, -0.1) is 0 Å². The second-order valence-electron chi connectivity index (χ2n) is 8.05. The lowest BCUT2D eigenvalue weighted by atomic mass is 9.96. The third-order valence-electron chi connectivity index (χ3n) is 5.07. The van der Waals surface area contributed by atoms with Crippen molar-refractivity contribution >= 4 is 0 Å². The molecule has 0 atom stereocenters. The summed E-state index contributed by atoms with van der Waals surface area (Å²) in [5.41, 5.74) is 6.32. The number of rotatable bonds is 11. The summed E-state index contributed by atoms with van der Waals surface area (Å²) in [7, 11) is 6.19. The number of nitrogens with zero attached hydrogens (tertiary/aromatic N) is 1. The molecule has 0 heterocycles. The molecule has 0 fully saturated rings. The van der Waals surface area contributed by atoms with Crippen LogP contribution in [-0.4, -0.2) is 58.7 Å². The standard InChI is InChI=1S/C24H36NO3/c1-7-25(4,5)18-21-15-22(24-14-19(2)8-9-20(24)3)17-23(16-21)28-13-12-27-11-10-26-6/h8-9,14-17H,7,10-13,18H2,1-6H3/q+1. The van der Waals surface area contributed by atoms with Crippen molar-refractivity contribution in [2.45, 2.75) is 27.3 Å². The molecule has 154 valence electrons. The van der Waals surface area contributed by atoms with E-state index in [2.05, 4.69) is 71.3 Å². The normalized spacial score (nSPS) is 11.6. The van der Waals surface area contributed by atoms with Gasteiger partial charge in [-0.2, -0.15) is 0 Å². The van der Waals surface area contributed by atoms with Crippen LogP contribution in [0.5, 0.6) is 5.75 Å². The molecule has 0 aliphatic carbocycles. The fraction of sp³-hybridized carbons (Fsp3) is 0.500. The van der Waals surface area contributed by atoms with E-state index in [4.69, 9.17) is 14.2 Å². The molecule has 0 radical (unpaired) electrons. The maximum atomic E-state index is 6.03. The van der Waals surface area contributed by atoms with Crippen LogP contribution < -0.4 is 4.74 Å². The van der Waals surface area contributed by atoms with Crippen LogP contribution in [0.4, 0.5) is 0 Å². The third-order valence-corrected chi connectivity index (χ3v) is 5.07. The molecule has 4 heteroatoms. The molecule has 28 heavy (non-hydrogen) atoms. The molecule has 0 saturated heterocycles. The van der Waals surface area contributed by atoms with Crippen LogP contribution in [0.2, 0.25) is 0 Å². The Bertz CT molecular complexity index is 756. The SMILES string of the molecule is CC[N+](C)(C)Cc1cc(OCCOCCOC)cc(-c2cc(C)ccc2C)c1. The van der Waals surface area contributed by atoms with E-state index in [0.717, 1.165) is 23.3 Å². The van der Waals surface area contributed by atoms with Crippen molar-refractivity contribution in [1.82, 2.24) is 0 Å². The van der Waals surface area contributed by atoms with Gasteiger partial charge in [0.15, 0.2) is 0 Å². The first-order valence-corrected chi connectivity index (χ1v) is 10.1. The fourth-order valence-corrected chi connectivity index (χ4v) is 3.11. The van der Waals surface area contributed by atoms with Crippen molar-refractivity contribution in [3.05, 3.63) is 53.1 Å². The van der Waals surface area contributed by atoms with Crippen LogP contribution in [0.1, 0.15) is 23.6 Å². The van der Waals surface area contributed by atoms with E-state index in [0.29, 0.717) is 26.4 Å². The van der Waals surface area contributed by atoms with Crippen LogP contribution in [0, 0.1) is 13.8 Å². The zero-order valence-electron chi connectivity index (χ0n) is 18.4. The van der Waals surface area contributed by atoms with Gasteiger partial charge in [0.25, 0.3) is 0 Å². The Labute approximate surface area is 170 Å². The lowest BCUT2D eigenvalue weighted by Gasteiger charge is -2.28. The molecule has 4 nitrogen and oxygen atoms in total. The minimum Gasteiger partial charge on any atom is -0.491 e. The van der Waals surface area contributed by atoms with Crippen LogP contribution in [0.3, 0.4) is 0 Å². The maximum absolute atomic E-state index is 6.03. The largest absolute Gasteiger partial charge is 0.491 e. The van der Waals surface area contributed by atoms with Crippen molar-refractivity contribution < 1.29 is 18.7 Å². The number of ether oxygens (including phenoxy) is 3. The van der Waals surface area contributed by atoms with E-state index in [1.807, 2.05) is 0 Å². The molecular formula is C24H36NO3+. The Balaban J connectivity index is 2.24. The molecule has 2 aromatic rings. The van der Waals surface area contributed by atoms with Crippen molar-refractivity contribution in [2.24, 2.45) is 0 Å². The predicted molar refractivity (Wildman–Crippen MR) is 116 cm³/mol. The summed E-state index contributed by atoms with van der Waals surface area (Å²) in [5, 5.41) is 0. The van der Waals surface area contributed by atoms with Gasteiger partial charge in [-0.05, 0) is 55.7 Å². The molecule has 0 bridgehead atoms. The minimum atomic E-state index is 0.533. The van der Waals surface area contributed by atoms with Crippen molar-refractivity contribution in [1.29, 1.82) is 0 Å². The van der Waals surface area contributed by atoms with Gasteiger partial charge in [-0.25, -0.2) is 0 Å². The van der Waals surface area contributed by atoms with E-state index in [9.17, 15) is 0 Å². The summed E-state index contributed by atoms with van der Waals surface area (Å²) in [5.74, 6) is 0.903. The number of aryl methyl sites for hydroxylation is 2. The zero-order chi connectivity index (χ0) is 20.6. The summed E-state index contributed by atoms with van der Waals surface area (Å²) in [4.78, 5) is 0. The van der Waals surface area contributed by atoms with E-state index in [1.54, 1.807) is 7.11 Å². The smallest absolute Gasteiger partial charge is 0.120 e. The Morgan fingerprint density at radius 3 is 2.36 bits per heavy atom. The fourth-order valence-electron chi connectivity index (χ4n) is 3.11. The number of hydrogen-bond donors (Lipinski definition) is 0. The number of benzene rings is 2. The van der Waals surface area contributed by atoms with Gasteiger partial charge < -0.3 is 18.7 Å². The van der Waals surface area contributed by atoms with Crippen LogP contribution in [0.25, 0.3) is 11.1 Å². The quantitative estimate of drug-likeness (QED) is 0.417. The predicted octanol–water partition coefficient (Wildman–Crippen LogP) is 4.61. The molecule has 2 rings (SSSR count). The average molecular weight is 387 g/mol. The molecule has 0 spiro atoms. The highest BCUT2D eigenvalue weighted by Gasteiger charge is 2.15. The van der Waals surface area contributed by atoms with Crippen molar-refractivity contribution in [3.63, 3.8) is 0 Å². The zero-order valence-corrected chi connectivity index (χ0v) is 18.4. The Morgan fingerprint density at radius 2 is 1.64 bits per heavy atom. The van der Waals surface area contributed by atoms with E-state index >= 15 is 0 Å². The van der Waals surface area contributed by atoms with Crippen LogP contribution >= 0.6 is 0 Å². The van der Waals surface area contributed by atoms with Crippen LogP contribution in [-0.2, 0) is 16.0 Å². The molecule has 0 aliphatic rings. The minimum absolute atomic E-state index is 0.533. The number of methoxy groups -OCH3 is 1. The molecule has 2 aromatic carbocycles. The van der Waals surface area contributed by atoms with Gasteiger partial charge in [0, 0.05) is 12.7 Å². The van der Waals surface area contributed by atoms with Gasteiger partial charge in [0.2, 0.25) is 0 Å². The molecule has 0 aromatic heterocycles. The molecule has 0 N–H and O–H groups in total. The van der Waals surface area contributed by atoms with Crippen molar-refractivity contribution in [3.8, 4) is 16.9 Å². The average Bonchev–Trinajstić information content (AvgIpc) is 2.66. The molecule has 0 aliphatic heterocycles. The van der Waals surface area contributed by atoms with Gasteiger partial charge in [0.1, 0.15) is 18.9 Å². The Morgan fingerprint density at radius 1 is 0.893 bits per heavy atom. The Kier molecular flexibility index (Phi) is 8.49. The second kappa shape index (κ2) is 10.6. The monoisotopic (exact) mass is 386 g/mol. The van der Waals surface area contributed by atoms with Gasteiger partial charge in [-0.1, -0.05) is 23.8 Å². The Hall–Kier alpha value is -1.88. The third kappa shape index (κ3) is 6.93. The highest BCUT2D eigenvalue weighted by atomic mass is 16.5. The molecular weight excluding hydrogens is 350 g/mol. The summed E-state index contributed by atoms with van der Waals surface area (Å²) >= 11 is 0. The number of hydrogen-bond acceptors (Lipinski definition) is 3. The first-order chi connectivity index (χ1) is 13.3. The highest BCUT2D eigenvalue weighted by Crippen LogP contribution is 2.30. The lowest BCUT2D eigenvalue weighted by Crippen LogP contribution is -2.38. The summed E-state index contributed by atoms with van der Waals surface area (Å²) in [6, 6.07) is 13.2. The highest BCUT2D eigenvalue weighted by molar-refractivity contribution is 5.70. The molecule has 0 amide bonds. The summed E-state index contributed by atoms with van der Waals surface area (Å²) in [6.07, 6.45) is 0. The van der Waals surface area contributed by atoms with Crippen molar-refractivity contribution in [2.75, 3.05) is 54.2 Å². The first-order valence-electron chi connectivity index (χ1n) is 10.1. The molecule has 0 saturated carbocycles.